The summed E-state index contributed by atoms with van der Waals surface area (Å²) in [6, 6.07) is 3.63. The predicted molar refractivity (Wildman–Crippen MR) is 94.0 cm³/mol. The molecule has 0 aromatic carbocycles. The average molecular weight is 364 g/mol. The smallest absolute Gasteiger partial charge is 0.246 e. The van der Waals surface area contributed by atoms with Gasteiger partial charge in [-0.3, -0.25) is 9.67 Å². The van der Waals surface area contributed by atoms with Gasteiger partial charge in [0.1, 0.15) is 16.7 Å². The van der Waals surface area contributed by atoms with Gasteiger partial charge in [0.25, 0.3) is 0 Å². The number of hydrogen-bond donors (Lipinski definition) is 0. The van der Waals surface area contributed by atoms with Gasteiger partial charge in [-0.2, -0.15) is 9.40 Å². The first kappa shape index (κ1) is 17.9. The summed E-state index contributed by atoms with van der Waals surface area (Å²) in [6.45, 7) is 4.68. The topological polar surface area (TPSA) is 77.3 Å². The van der Waals surface area contributed by atoms with Gasteiger partial charge in [0.2, 0.25) is 10.0 Å². The Morgan fingerprint density at radius 2 is 2.12 bits per heavy atom. The molecule has 1 saturated heterocycles. The lowest BCUT2D eigenvalue weighted by atomic mass is 10.2. The van der Waals surface area contributed by atoms with Gasteiger partial charge in [-0.15, -0.1) is 0 Å². The number of sulfonamides is 1. The van der Waals surface area contributed by atoms with E-state index in [1.54, 1.807) is 30.2 Å². The molecule has 1 aliphatic heterocycles. The minimum Gasteiger partial charge on any atom is -0.487 e. The van der Waals surface area contributed by atoms with Crippen molar-refractivity contribution in [1.82, 2.24) is 19.1 Å². The maximum atomic E-state index is 13.2. The van der Waals surface area contributed by atoms with Crippen LogP contribution in [0.1, 0.15) is 31.7 Å². The monoisotopic (exact) mass is 364 g/mol. The number of nitrogens with zero attached hydrogens (tertiary/aromatic N) is 4. The Bertz CT molecular complexity index is 833. The normalized spacial score (nSPS) is 18.6. The molecule has 1 atom stereocenters. The summed E-state index contributed by atoms with van der Waals surface area (Å²) in [7, 11) is -1.77. The quantitative estimate of drug-likeness (QED) is 0.781. The van der Waals surface area contributed by atoms with Crippen molar-refractivity contribution in [3.8, 4) is 5.75 Å². The van der Waals surface area contributed by atoms with E-state index >= 15 is 0 Å². The molecule has 1 fully saturated rings. The second-order valence-corrected chi connectivity index (χ2v) is 8.01. The molecular formula is C17H24N4O3S. The molecule has 2 aromatic rings. The Morgan fingerprint density at radius 1 is 1.32 bits per heavy atom. The molecule has 0 spiro atoms. The molecule has 0 bridgehead atoms. The second-order valence-electron chi connectivity index (χ2n) is 6.13. The maximum Gasteiger partial charge on any atom is 0.246 e. The number of ether oxygens (including phenoxy) is 1. The third kappa shape index (κ3) is 3.41. The molecule has 3 heterocycles. The van der Waals surface area contributed by atoms with Gasteiger partial charge in [-0.05, 0) is 31.4 Å². The van der Waals surface area contributed by atoms with Crippen molar-refractivity contribution in [3.05, 3.63) is 35.9 Å². The van der Waals surface area contributed by atoms with Crippen molar-refractivity contribution in [2.75, 3.05) is 13.1 Å². The molecule has 8 heteroatoms. The summed E-state index contributed by atoms with van der Waals surface area (Å²) in [5.41, 5.74) is 1.39. The van der Waals surface area contributed by atoms with Crippen molar-refractivity contribution in [2.24, 2.45) is 7.05 Å². The fourth-order valence-electron chi connectivity index (χ4n) is 3.27. The maximum absolute atomic E-state index is 13.2. The van der Waals surface area contributed by atoms with Crippen LogP contribution in [0.15, 0.2) is 29.4 Å². The van der Waals surface area contributed by atoms with Crippen LogP contribution >= 0.6 is 0 Å². The van der Waals surface area contributed by atoms with E-state index in [9.17, 15) is 8.42 Å². The van der Waals surface area contributed by atoms with E-state index < -0.39 is 10.0 Å². The molecular weight excluding hydrogens is 340 g/mol. The molecule has 0 saturated carbocycles. The van der Waals surface area contributed by atoms with E-state index in [1.165, 1.54) is 4.31 Å². The summed E-state index contributed by atoms with van der Waals surface area (Å²) in [5, 5.41) is 4.40. The Hall–Kier alpha value is -1.93. The van der Waals surface area contributed by atoms with Crippen molar-refractivity contribution in [1.29, 1.82) is 0 Å². The first-order valence-corrected chi connectivity index (χ1v) is 10.0. The fourth-order valence-corrected chi connectivity index (χ4v) is 5.29. The largest absolute Gasteiger partial charge is 0.487 e. The van der Waals surface area contributed by atoms with Crippen LogP contribution in [0.25, 0.3) is 0 Å². The molecule has 0 radical (unpaired) electrons. The van der Waals surface area contributed by atoms with Gasteiger partial charge < -0.3 is 4.74 Å². The summed E-state index contributed by atoms with van der Waals surface area (Å²) in [6.07, 6.45) is 5.04. The molecule has 0 aliphatic carbocycles. The lowest BCUT2D eigenvalue weighted by molar-refractivity contribution is 0.214. The highest BCUT2D eigenvalue weighted by atomic mass is 32.2. The van der Waals surface area contributed by atoms with E-state index in [1.807, 2.05) is 19.9 Å². The highest BCUT2D eigenvalue weighted by Crippen LogP contribution is 2.28. The van der Waals surface area contributed by atoms with Gasteiger partial charge in [0.05, 0.1) is 24.1 Å². The SMILES string of the molecule is CCc1nn(C)c(CC)c1S(=O)(=O)N1CCC(Oc2cccnc2)C1. The van der Waals surface area contributed by atoms with E-state index in [0.717, 1.165) is 5.69 Å². The molecule has 25 heavy (non-hydrogen) atoms. The van der Waals surface area contributed by atoms with Crippen LogP contribution in [0.2, 0.25) is 0 Å². The molecule has 2 aromatic heterocycles. The molecule has 1 unspecified atom stereocenters. The Balaban J connectivity index is 1.82. The summed E-state index contributed by atoms with van der Waals surface area (Å²) in [4.78, 5) is 4.40. The van der Waals surface area contributed by atoms with Crippen molar-refractivity contribution in [3.63, 3.8) is 0 Å². The number of pyridine rings is 1. The molecule has 3 rings (SSSR count). The van der Waals surface area contributed by atoms with Gasteiger partial charge in [0, 0.05) is 19.8 Å². The Labute approximate surface area is 148 Å². The first-order valence-electron chi connectivity index (χ1n) is 8.58. The van der Waals surface area contributed by atoms with Crippen molar-refractivity contribution >= 4 is 10.0 Å². The zero-order valence-corrected chi connectivity index (χ0v) is 15.7. The van der Waals surface area contributed by atoms with E-state index in [4.69, 9.17) is 4.74 Å². The minimum absolute atomic E-state index is 0.161. The summed E-state index contributed by atoms with van der Waals surface area (Å²) >= 11 is 0. The lowest BCUT2D eigenvalue weighted by Gasteiger charge is -2.18. The third-order valence-corrected chi connectivity index (χ3v) is 6.50. The van der Waals surface area contributed by atoms with E-state index in [-0.39, 0.29) is 6.10 Å². The van der Waals surface area contributed by atoms with E-state index in [0.29, 0.717) is 48.7 Å². The predicted octanol–water partition coefficient (Wildman–Crippen LogP) is 1.78. The van der Waals surface area contributed by atoms with Crippen LogP contribution in [-0.4, -0.2) is 46.7 Å². The van der Waals surface area contributed by atoms with Crippen LogP contribution in [0.4, 0.5) is 0 Å². The molecule has 7 nitrogen and oxygen atoms in total. The fraction of sp³-hybridized carbons (Fsp3) is 0.529. The van der Waals surface area contributed by atoms with Crippen molar-refractivity contribution < 1.29 is 13.2 Å². The number of aromatic nitrogens is 3. The molecule has 136 valence electrons. The van der Waals surface area contributed by atoms with Gasteiger partial charge >= 0.3 is 0 Å². The second kappa shape index (κ2) is 7.13. The zero-order valence-electron chi connectivity index (χ0n) is 14.8. The first-order chi connectivity index (χ1) is 12.0. The minimum atomic E-state index is -3.57. The summed E-state index contributed by atoms with van der Waals surface area (Å²) < 4.78 is 35.5. The van der Waals surface area contributed by atoms with Gasteiger partial charge in [0.15, 0.2) is 0 Å². The Kier molecular flexibility index (Phi) is 5.10. The van der Waals surface area contributed by atoms with Crippen LogP contribution < -0.4 is 4.74 Å². The Morgan fingerprint density at radius 3 is 2.76 bits per heavy atom. The third-order valence-electron chi connectivity index (χ3n) is 4.50. The average Bonchev–Trinajstić information content (AvgIpc) is 3.20. The highest BCUT2D eigenvalue weighted by molar-refractivity contribution is 7.89. The number of aryl methyl sites for hydroxylation is 2. The molecule has 1 aliphatic rings. The highest BCUT2D eigenvalue weighted by Gasteiger charge is 2.37. The zero-order chi connectivity index (χ0) is 18.0. The summed E-state index contributed by atoms with van der Waals surface area (Å²) in [5.74, 6) is 0.664. The molecule has 0 N–H and O–H groups in total. The van der Waals surface area contributed by atoms with Gasteiger partial charge in [-0.1, -0.05) is 13.8 Å². The standard InChI is InChI=1S/C17H24N4O3S/c1-4-15-17(16(5-2)20(3)19-15)25(22,23)21-10-8-14(12-21)24-13-7-6-9-18-11-13/h6-7,9,11,14H,4-5,8,10,12H2,1-3H3. The lowest BCUT2D eigenvalue weighted by Crippen LogP contribution is -2.32. The number of hydrogen-bond acceptors (Lipinski definition) is 5. The molecule has 0 amide bonds. The van der Waals surface area contributed by atoms with Crippen LogP contribution in [-0.2, 0) is 29.9 Å². The number of rotatable bonds is 6. The van der Waals surface area contributed by atoms with Crippen LogP contribution in [0.5, 0.6) is 5.75 Å². The van der Waals surface area contributed by atoms with Gasteiger partial charge in [-0.25, -0.2) is 8.42 Å². The van der Waals surface area contributed by atoms with E-state index in [2.05, 4.69) is 10.1 Å². The van der Waals surface area contributed by atoms with Crippen LogP contribution in [0.3, 0.4) is 0 Å². The van der Waals surface area contributed by atoms with Crippen LogP contribution in [0, 0.1) is 0 Å². The van der Waals surface area contributed by atoms with Crippen molar-refractivity contribution in [2.45, 2.75) is 44.1 Å².